The number of nitrogens with one attached hydrogen (secondary N) is 3. The normalized spacial score (nSPS) is 19.6. The van der Waals surface area contributed by atoms with Gasteiger partial charge in [-0.2, -0.15) is 0 Å². The van der Waals surface area contributed by atoms with E-state index in [1.807, 2.05) is 36.5 Å². The zero-order valence-corrected chi connectivity index (χ0v) is 16.5. The number of hydrogen-bond acceptors (Lipinski definition) is 5. The molecule has 146 valence electrons. The second-order valence-electron chi connectivity index (χ2n) is 7.62. The van der Waals surface area contributed by atoms with Crippen molar-refractivity contribution >= 4 is 17.5 Å². The Labute approximate surface area is 166 Å². The summed E-state index contributed by atoms with van der Waals surface area (Å²) in [6.07, 6.45) is 5.43. The van der Waals surface area contributed by atoms with Gasteiger partial charge in [-0.05, 0) is 44.0 Å². The molecule has 1 unspecified atom stereocenters. The molecular weight excluding hydrogens is 348 g/mol. The molecule has 0 saturated carbocycles. The number of allylic oxidation sites excluding steroid dienone is 1. The number of benzene rings is 2. The Hall–Kier alpha value is -2.79. The first-order valence-electron chi connectivity index (χ1n) is 9.96. The quantitative estimate of drug-likeness (QED) is 0.671. The van der Waals surface area contributed by atoms with Crippen molar-refractivity contribution in [3.05, 3.63) is 59.8 Å². The van der Waals surface area contributed by atoms with E-state index in [0.29, 0.717) is 12.1 Å². The summed E-state index contributed by atoms with van der Waals surface area (Å²) >= 11 is 0. The summed E-state index contributed by atoms with van der Waals surface area (Å²) in [5.41, 5.74) is 4.23. The SMILES string of the molecule is CC1CCc2c(ccc(/C(C=N)=C/NC3CNC3)c2Oc2ccccc2)N1C. The van der Waals surface area contributed by atoms with Gasteiger partial charge in [0.25, 0.3) is 0 Å². The van der Waals surface area contributed by atoms with Crippen molar-refractivity contribution in [2.24, 2.45) is 0 Å². The van der Waals surface area contributed by atoms with Gasteiger partial charge >= 0.3 is 0 Å². The fourth-order valence-electron chi connectivity index (χ4n) is 3.74. The van der Waals surface area contributed by atoms with E-state index in [-0.39, 0.29) is 0 Å². The first-order chi connectivity index (χ1) is 13.7. The van der Waals surface area contributed by atoms with Crippen LogP contribution in [0.1, 0.15) is 24.5 Å². The van der Waals surface area contributed by atoms with Crippen LogP contribution in [0, 0.1) is 5.41 Å². The fourth-order valence-corrected chi connectivity index (χ4v) is 3.74. The Morgan fingerprint density at radius 3 is 2.68 bits per heavy atom. The lowest BCUT2D eigenvalue weighted by Crippen LogP contribution is -2.53. The van der Waals surface area contributed by atoms with Crippen molar-refractivity contribution in [2.75, 3.05) is 25.0 Å². The van der Waals surface area contributed by atoms with Gasteiger partial charge in [-0.25, -0.2) is 0 Å². The predicted molar refractivity (Wildman–Crippen MR) is 116 cm³/mol. The number of nitrogens with zero attached hydrogens (tertiary/aromatic N) is 1. The van der Waals surface area contributed by atoms with Crippen LogP contribution in [0.2, 0.25) is 0 Å². The molecule has 1 atom stereocenters. The molecule has 0 spiro atoms. The highest BCUT2D eigenvalue weighted by molar-refractivity contribution is 6.09. The maximum Gasteiger partial charge on any atom is 0.140 e. The van der Waals surface area contributed by atoms with Gasteiger partial charge in [-0.1, -0.05) is 18.2 Å². The molecular formula is C23H28N4O. The van der Waals surface area contributed by atoms with Crippen molar-refractivity contribution in [3.63, 3.8) is 0 Å². The second-order valence-corrected chi connectivity index (χ2v) is 7.62. The molecule has 4 rings (SSSR count). The molecule has 5 heteroatoms. The molecule has 28 heavy (non-hydrogen) atoms. The largest absolute Gasteiger partial charge is 0.456 e. The fraction of sp³-hybridized carbons (Fsp3) is 0.348. The number of anilines is 1. The summed E-state index contributed by atoms with van der Waals surface area (Å²) in [5.74, 6) is 1.68. The molecule has 1 fully saturated rings. The van der Waals surface area contributed by atoms with Crippen molar-refractivity contribution in [2.45, 2.75) is 31.8 Å². The van der Waals surface area contributed by atoms with Crippen LogP contribution in [0.15, 0.2) is 48.7 Å². The van der Waals surface area contributed by atoms with Gasteiger partial charge in [-0.15, -0.1) is 0 Å². The summed E-state index contributed by atoms with van der Waals surface area (Å²) in [4.78, 5) is 2.33. The second kappa shape index (κ2) is 8.07. The Kier molecular flexibility index (Phi) is 5.35. The number of rotatable bonds is 6. The average molecular weight is 377 g/mol. The van der Waals surface area contributed by atoms with E-state index in [2.05, 4.69) is 41.6 Å². The van der Waals surface area contributed by atoms with E-state index in [0.717, 1.165) is 48.6 Å². The van der Waals surface area contributed by atoms with Gasteiger partial charge in [0.1, 0.15) is 11.5 Å². The molecule has 3 N–H and O–H groups in total. The molecule has 2 aromatic rings. The highest BCUT2D eigenvalue weighted by Gasteiger charge is 2.26. The Balaban J connectivity index is 1.77. The average Bonchev–Trinajstić information content (AvgIpc) is 2.68. The molecule has 2 aliphatic rings. The monoisotopic (exact) mass is 376 g/mol. The van der Waals surface area contributed by atoms with Crippen LogP contribution in [0.4, 0.5) is 5.69 Å². The highest BCUT2D eigenvalue weighted by atomic mass is 16.5. The van der Waals surface area contributed by atoms with Gasteiger partial charge in [0.15, 0.2) is 0 Å². The standard InChI is InChI=1S/C23H28N4O/c1-16-8-9-21-22(27(16)2)11-10-20(17(12-24)13-26-18-14-25-15-18)23(21)28-19-6-4-3-5-7-19/h3-7,10-13,16,18,24-26H,8-9,14-15H2,1-2H3/b17-13+,24-12?. The molecule has 0 radical (unpaired) electrons. The Morgan fingerprint density at radius 1 is 1.21 bits per heavy atom. The topological polar surface area (TPSA) is 60.4 Å². The number of hydrogen-bond donors (Lipinski definition) is 3. The van der Waals surface area contributed by atoms with Crippen LogP contribution in [-0.4, -0.2) is 38.4 Å². The number of fused-ring (bicyclic) bond motifs is 1. The lowest BCUT2D eigenvalue weighted by atomic mass is 9.92. The molecule has 0 amide bonds. The van der Waals surface area contributed by atoms with Crippen LogP contribution in [0.5, 0.6) is 11.5 Å². The molecule has 1 saturated heterocycles. The van der Waals surface area contributed by atoms with E-state index in [1.54, 1.807) is 0 Å². The van der Waals surface area contributed by atoms with Gasteiger partial charge < -0.3 is 25.7 Å². The lowest BCUT2D eigenvalue weighted by molar-refractivity contribution is 0.402. The van der Waals surface area contributed by atoms with Crippen LogP contribution in [-0.2, 0) is 6.42 Å². The van der Waals surface area contributed by atoms with E-state index in [9.17, 15) is 0 Å². The molecule has 2 aliphatic heterocycles. The minimum atomic E-state index is 0.429. The van der Waals surface area contributed by atoms with E-state index < -0.39 is 0 Å². The van der Waals surface area contributed by atoms with Crippen LogP contribution < -0.4 is 20.3 Å². The maximum atomic E-state index is 7.99. The Bertz CT molecular complexity index is 874. The van der Waals surface area contributed by atoms with Crippen LogP contribution in [0.25, 0.3) is 5.57 Å². The first-order valence-corrected chi connectivity index (χ1v) is 9.96. The third-order valence-corrected chi connectivity index (χ3v) is 5.77. The summed E-state index contributed by atoms with van der Waals surface area (Å²) < 4.78 is 6.41. The van der Waals surface area contributed by atoms with Crippen molar-refractivity contribution < 1.29 is 4.74 Å². The van der Waals surface area contributed by atoms with E-state index >= 15 is 0 Å². The van der Waals surface area contributed by atoms with E-state index in [4.69, 9.17) is 10.1 Å². The summed E-state index contributed by atoms with van der Waals surface area (Å²) in [6.45, 7) is 4.18. The van der Waals surface area contributed by atoms with Crippen molar-refractivity contribution in [1.29, 1.82) is 5.41 Å². The first kappa shape index (κ1) is 18.6. The maximum absolute atomic E-state index is 7.99. The molecule has 2 heterocycles. The summed E-state index contributed by atoms with van der Waals surface area (Å²) in [7, 11) is 2.15. The highest BCUT2D eigenvalue weighted by Crippen LogP contribution is 2.42. The van der Waals surface area contributed by atoms with Gasteiger partial charge in [-0.3, -0.25) is 0 Å². The van der Waals surface area contributed by atoms with Crippen molar-refractivity contribution in [3.8, 4) is 11.5 Å². The molecule has 0 aromatic heterocycles. The Morgan fingerprint density at radius 2 is 2.00 bits per heavy atom. The molecule has 0 bridgehead atoms. The lowest BCUT2D eigenvalue weighted by Gasteiger charge is -2.35. The minimum absolute atomic E-state index is 0.429. The van der Waals surface area contributed by atoms with Gasteiger partial charge in [0.05, 0.1) is 6.04 Å². The third kappa shape index (κ3) is 3.62. The molecule has 2 aromatic carbocycles. The smallest absolute Gasteiger partial charge is 0.140 e. The van der Waals surface area contributed by atoms with Crippen molar-refractivity contribution in [1.82, 2.24) is 10.6 Å². The number of ether oxygens (including phenoxy) is 1. The molecule has 5 nitrogen and oxygen atoms in total. The van der Waals surface area contributed by atoms with Crippen LogP contribution >= 0.6 is 0 Å². The predicted octanol–water partition coefficient (Wildman–Crippen LogP) is 3.80. The number of para-hydroxylation sites is 1. The summed E-state index contributed by atoms with van der Waals surface area (Å²) in [5, 5.41) is 14.7. The van der Waals surface area contributed by atoms with Crippen LogP contribution in [0.3, 0.4) is 0 Å². The zero-order chi connectivity index (χ0) is 19.5. The van der Waals surface area contributed by atoms with Gasteiger partial charge in [0.2, 0.25) is 0 Å². The van der Waals surface area contributed by atoms with Gasteiger partial charge in [0, 0.05) is 61.0 Å². The zero-order valence-electron chi connectivity index (χ0n) is 16.5. The van der Waals surface area contributed by atoms with E-state index in [1.165, 1.54) is 17.5 Å². The molecule has 0 aliphatic carbocycles. The third-order valence-electron chi connectivity index (χ3n) is 5.77. The summed E-state index contributed by atoms with van der Waals surface area (Å²) in [6, 6.07) is 15.1. The minimum Gasteiger partial charge on any atom is -0.456 e.